The molecule has 1 N–H and O–H groups in total. The number of amides is 1. The van der Waals surface area contributed by atoms with Crippen molar-refractivity contribution >= 4 is 22.9 Å². The van der Waals surface area contributed by atoms with Crippen LogP contribution in [0.2, 0.25) is 0 Å². The van der Waals surface area contributed by atoms with Gasteiger partial charge in [-0.3, -0.25) is 4.79 Å². The molecule has 37 heavy (non-hydrogen) atoms. The summed E-state index contributed by atoms with van der Waals surface area (Å²) in [5.41, 5.74) is 2.89. The summed E-state index contributed by atoms with van der Waals surface area (Å²) in [4.78, 5) is 12.7. The molecule has 5 heteroatoms. The van der Waals surface area contributed by atoms with Crippen LogP contribution in [0.5, 0.6) is 5.75 Å². The Morgan fingerprint density at radius 3 is 2.08 bits per heavy atom. The van der Waals surface area contributed by atoms with Crippen LogP contribution in [-0.4, -0.2) is 12.5 Å². The zero-order chi connectivity index (χ0) is 26.1. The van der Waals surface area contributed by atoms with E-state index in [4.69, 9.17) is 4.74 Å². The van der Waals surface area contributed by atoms with Gasteiger partial charge in [0.25, 0.3) is 5.01 Å². The highest BCUT2D eigenvalue weighted by Crippen LogP contribution is 2.23. The summed E-state index contributed by atoms with van der Waals surface area (Å²) in [6.07, 6.45) is 18.3. The third-order valence-corrected chi connectivity index (χ3v) is 7.78. The zero-order valence-electron chi connectivity index (χ0n) is 22.8. The predicted molar refractivity (Wildman–Crippen MR) is 156 cm³/mol. The summed E-state index contributed by atoms with van der Waals surface area (Å²) < 4.78 is 8.17. The van der Waals surface area contributed by atoms with Crippen LogP contribution in [0.3, 0.4) is 0 Å². The topological polar surface area (TPSA) is 42.2 Å². The molecule has 0 saturated carbocycles. The molecule has 3 rings (SSSR count). The second-order valence-corrected chi connectivity index (χ2v) is 10.9. The molecule has 0 aliphatic carbocycles. The van der Waals surface area contributed by atoms with E-state index in [-0.39, 0.29) is 5.91 Å². The second-order valence-electron chi connectivity index (χ2n) is 9.97. The van der Waals surface area contributed by atoms with Crippen molar-refractivity contribution in [1.29, 1.82) is 0 Å². The monoisotopic (exact) mass is 521 g/mol. The third kappa shape index (κ3) is 10.7. The average Bonchev–Trinajstić information content (AvgIpc) is 3.34. The molecule has 4 nitrogen and oxygen atoms in total. The lowest BCUT2D eigenvalue weighted by Crippen LogP contribution is -2.26. The van der Waals surface area contributed by atoms with Crippen molar-refractivity contribution < 1.29 is 14.1 Å². The van der Waals surface area contributed by atoms with Gasteiger partial charge in [-0.15, -0.1) is 0 Å². The molecular formula is C32H45N2O2S+. The normalized spacial score (nSPS) is 11.0. The van der Waals surface area contributed by atoms with Gasteiger partial charge in [-0.05, 0) is 36.8 Å². The zero-order valence-corrected chi connectivity index (χ0v) is 23.7. The highest BCUT2D eigenvalue weighted by Gasteiger charge is 2.12. The first-order valence-electron chi connectivity index (χ1n) is 14.2. The largest absolute Gasteiger partial charge is 0.493 e. The Balaban J connectivity index is 1.32. The van der Waals surface area contributed by atoms with Crippen LogP contribution in [0, 0.1) is 0 Å². The van der Waals surface area contributed by atoms with Gasteiger partial charge in [-0.1, -0.05) is 107 Å². The van der Waals surface area contributed by atoms with E-state index >= 15 is 0 Å². The van der Waals surface area contributed by atoms with Crippen molar-refractivity contribution in [1.82, 2.24) is 0 Å². The van der Waals surface area contributed by atoms with Gasteiger partial charge in [0.1, 0.15) is 12.8 Å². The fourth-order valence-electron chi connectivity index (χ4n) is 4.60. The van der Waals surface area contributed by atoms with Gasteiger partial charge in [0, 0.05) is 11.3 Å². The molecule has 0 aliphatic rings. The van der Waals surface area contributed by atoms with Gasteiger partial charge in [0.05, 0.1) is 24.0 Å². The molecule has 2 aromatic carbocycles. The number of rotatable bonds is 18. The quantitative estimate of drug-likeness (QED) is 0.135. The molecule has 1 heterocycles. The molecule has 0 aliphatic heterocycles. The lowest BCUT2D eigenvalue weighted by atomic mass is 10.1. The molecule has 0 bridgehead atoms. The first-order chi connectivity index (χ1) is 18.2. The summed E-state index contributed by atoms with van der Waals surface area (Å²) in [6.45, 7) is 2.98. The Bertz CT molecular complexity index is 1040. The van der Waals surface area contributed by atoms with Gasteiger partial charge >= 0.3 is 0 Å². The lowest BCUT2D eigenvalue weighted by molar-refractivity contribution is -0.655. The number of nitrogens with one attached hydrogen (secondary N) is 1. The maximum Gasteiger partial charge on any atom is 0.268 e. The maximum atomic E-state index is 12.7. The first-order valence-corrected chi connectivity index (χ1v) is 15.1. The summed E-state index contributed by atoms with van der Waals surface area (Å²) in [6, 6.07) is 15.9. The van der Waals surface area contributed by atoms with E-state index in [9.17, 15) is 4.79 Å². The van der Waals surface area contributed by atoms with Crippen molar-refractivity contribution in [2.45, 2.75) is 90.4 Å². The van der Waals surface area contributed by atoms with Crippen LogP contribution in [0.1, 0.15) is 89.5 Å². The minimum Gasteiger partial charge on any atom is -0.493 e. The van der Waals surface area contributed by atoms with Gasteiger partial charge in [-0.2, -0.15) is 4.57 Å². The molecule has 0 fully saturated rings. The molecule has 0 saturated heterocycles. The summed E-state index contributed by atoms with van der Waals surface area (Å²) in [5.74, 6) is 0.789. The highest BCUT2D eigenvalue weighted by atomic mass is 32.1. The van der Waals surface area contributed by atoms with Crippen molar-refractivity contribution in [3.05, 3.63) is 65.7 Å². The molecule has 1 aromatic heterocycles. The lowest BCUT2D eigenvalue weighted by Gasteiger charge is -2.12. The fraction of sp³-hybridized carbons (Fsp3) is 0.500. The van der Waals surface area contributed by atoms with Crippen LogP contribution in [-0.2, 0) is 18.3 Å². The minimum absolute atomic E-state index is 0.0316. The number of benzene rings is 2. The summed E-state index contributed by atoms with van der Waals surface area (Å²) in [7, 11) is 2.04. The number of hydrogen-bond donors (Lipinski definition) is 1. The van der Waals surface area contributed by atoms with Crippen molar-refractivity contribution in [3.63, 3.8) is 0 Å². The smallest absolute Gasteiger partial charge is 0.268 e. The van der Waals surface area contributed by atoms with Gasteiger partial charge in [-0.25, -0.2) is 0 Å². The van der Waals surface area contributed by atoms with Crippen LogP contribution in [0.4, 0.5) is 5.69 Å². The molecule has 0 spiro atoms. The summed E-state index contributed by atoms with van der Waals surface area (Å²) >= 11 is 1.70. The maximum absolute atomic E-state index is 12.7. The minimum atomic E-state index is -0.0316. The Kier molecular flexibility index (Phi) is 13.3. The Labute approximate surface area is 228 Å². The molecule has 200 valence electrons. The number of ether oxygens (including phenoxy) is 1. The third-order valence-electron chi connectivity index (χ3n) is 6.78. The van der Waals surface area contributed by atoms with Crippen molar-refractivity contribution in [3.8, 4) is 16.3 Å². The number of carbonyl (C=O) groups excluding carboxylic acids is 1. The Hall–Kier alpha value is -2.66. The Morgan fingerprint density at radius 2 is 1.46 bits per heavy atom. The Morgan fingerprint density at radius 1 is 0.838 bits per heavy atom. The van der Waals surface area contributed by atoms with Gasteiger partial charge in [0.15, 0.2) is 6.20 Å². The molecule has 3 aromatic rings. The van der Waals surface area contributed by atoms with Crippen molar-refractivity contribution in [2.24, 2.45) is 7.05 Å². The molecule has 0 atom stereocenters. The first kappa shape index (κ1) is 28.9. The highest BCUT2D eigenvalue weighted by molar-refractivity contribution is 7.12. The van der Waals surface area contributed by atoms with E-state index < -0.39 is 0 Å². The fourth-order valence-corrected chi connectivity index (χ4v) is 5.47. The number of carbonyl (C=O) groups is 1. The van der Waals surface area contributed by atoms with Crippen LogP contribution >= 0.6 is 11.3 Å². The van der Waals surface area contributed by atoms with Crippen LogP contribution in [0.15, 0.2) is 60.1 Å². The van der Waals surface area contributed by atoms with Crippen LogP contribution in [0.25, 0.3) is 10.6 Å². The van der Waals surface area contributed by atoms with E-state index in [2.05, 4.69) is 22.2 Å². The SMILES string of the molecule is CCCCCCCCCCCCCCOc1ccccc1CC(=O)Nc1ccc(-c2scc[n+]2C)cc1. The van der Waals surface area contributed by atoms with Gasteiger partial charge in [0.2, 0.25) is 5.91 Å². The second kappa shape index (κ2) is 17.0. The van der Waals surface area contributed by atoms with E-state index in [0.717, 1.165) is 29.0 Å². The molecule has 0 radical (unpaired) electrons. The van der Waals surface area contributed by atoms with E-state index in [1.54, 1.807) is 11.3 Å². The average molecular weight is 522 g/mol. The summed E-state index contributed by atoms with van der Waals surface area (Å²) in [5, 5.41) is 6.29. The van der Waals surface area contributed by atoms with E-state index in [1.165, 1.54) is 75.6 Å². The van der Waals surface area contributed by atoms with Gasteiger partial charge < -0.3 is 10.1 Å². The predicted octanol–water partition coefficient (Wildman–Crippen LogP) is 8.50. The number of unbranched alkanes of at least 4 members (excludes halogenated alkanes) is 11. The van der Waals surface area contributed by atoms with Crippen molar-refractivity contribution in [2.75, 3.05) is 11.9 Å². The number of nitrogens with zero attached hydrogens (tertiary/aromatic N) is 1. The molecule has 1 amide bonds. The number of aryl methyl sites for hydroxylation is 1. The van der Waals surface area contributed by atoms with E-state index in [0.29, 0.717) is 13.0 Å². The number of para-hydroxylation sites is 1. The standard InChI is InChI=1S/C32H44N2O2S/c1-3-4-5-6-7-8-9-10-11-12-13-16-24-36-30-18-15-14-17-28(30)26-31(35)33-29-21-19-27(20-22-29)32-34(2)23-25-37-32/h14-15,17-23,25H,3-13,16,24,26H2,1-2H3/p+1. The number of thiazole rings is 1. The molecular weight excluding hydrogens is 476 g/mol. The number of aromatic nitrogens is 1. The van der Waals surface area contributed by atoms with E-state index in [1.807, 2.05) is 61.8 Å². The number of anilines is 1. The number of hydrogen-bond acceptors (Lipinski definition) is 3. The van der Waals surface area contributed by atoms with Crippen LogP contribution < -0.4 is 14.6 Å². The molecule has 0 unspecified atom stereocenters.